The van der Waals surface area contributed by atoms with Crippen LogP contribution in [0.3, 0.4) is 0 Å². The molecule has 0 aliphatic carbocycles. The Morgan fingerprint density at radius 2 is 2.19 bits per heavy atom. The molecule has 2 N–H and O–H groups in total. The number of hydrogen-bond acceptors (Lipinski definition) is 5. The zero-order valence-electron chi connectivity index (χ0n) is 9.53. The number of aryl methyl sites for hydroxylation is 1. The third kappa shape index (κ3) is 1.82. The summed E-state index contributed by atoms with van der Waals surface area (Å²) in [5, 5.41) is 6.66. The minimum absolute atomic E-state index is 0.526. The smallest absolute Gasteiger partial charge is 0.227 e. The quantitative estimate of drug-likeness (QED) is 0.769. The van der Waals surface area contributed by atoms with Gasteiger partial charge >= 0.3 is 0 Å². The predicted octanol–water partition coefficient (Wildman–Crippen LogP) is 0.379. The number of nitrogens with zero attached hydrogens (tertiary/aromatic N) is 3. The summed E-state index contributed by atoms with van der Waals surface area (Å²) in [6.45, 7) is 6.26. The molecule has 2 fully saturated rings. The molecule has 0 saturated carbocycles. The van der Waals surface area contributed by atoms with E-state index < -0.39 is 0 Å². The van der Waals surface area contributed by atoms with E-state index in [4.69, 9.17) is 0 Å². The van der Waals surface area contributed by atoms with Gasteiger partial charge in [0.25, 0.3) is 0 Å². The van der Waals surface area contributed by atoms with Gasteiger partial charge in [-0.2, -0.15) is 4.98 Å². The van der Waals surface area contributed by atoms with Crippen LogP contribution < -0.4 is 15.5 Å². The van der Waals surface area contributed by atoms with Gasteiger partial charge in [-0.05, 0) is 13.3 Å². The van der Waals surface area contributed by atoms with Crippen molar-refractivity contribution in [1.29, 1.82) is 0 Å². The maximum atomic E-state index is 4.55. The van der Waals surface area contributed by atoms with E-state index in [1.807, 2.05) is 13.0 Å². The lowest BCUT2D eigenvalue weighted by molar-refractivity contribution is 0.471. The Kier molecular flexibility index (Phi) is 2.40. The lowest BCUT2D eigenvalue weighted by Crippen LogP contribution is -2.51. The monoisotopic (exact) mass is 219 g/mol. The van der Waals surface area contributed by atoms with Crippen LogP contribution in [0.2, 0.25) is 0 Å². The van der Waals surface area contributed by atoms with Gasteiger partial charge in [-0.15, -0.1) is 0 Å². The lowest BCUT2D eigenvalue weighted by Gasteiger charge is -2.32. The molecule has 0 unspecified atom stereocenters. The van der Waals surface area contributed by atoms with Crippen LogP contribution in [0.5, 0.6) is 0 Å². The zero-order chi connectivity index (χ0) is 11.0. The summed E-state index contributed by atoms with van der Waals surface area (Å²) in [4.78, 5) is 11.2. The fourth-order valence-electron chi connectivity index (χ4n) is 1.88. The molecule has 0 amide bonds. The highest BCUT2D eigenvalue weighted by Crippen LogP contribution is 2.19. The van der Waals surface area contributed by atoms with Crippen molar-refractivity contribution in [3.05, 3.63) is 11.8 Å². The molecule has 16 heavy (non-hydrogen) atoms. The van der Waals surface area contributed by atoms with Gasteiger partial charge in [0.1, 0.15) is 5.82 Å². The van der Waals surface area contributed by atoms with Gasteiger partial charge in [0.2, 0.25) is 5.95 Å². The summed E-state index contributed by atoms with van der Waals surface area (Å²) in [5.74, 6) is 1.84. The number of hydrogen-bond donors (Lipinski definition) is 2. The van der Waals surface area contributed by atoms with Gasteiger partial charge in [0.15, 0.2) is 0 Å². The predicted molar refractivity (Wildman–Crippen MR) is 63.9 cm³/mol. The Morgan fingerprint density at radius 1 is 1.38 bits per heavy atom. The Bertz CT molecular complexity index is 384. The normalized spacial score (nSPS) is 20.2. The summed E-state index contributed by atoms with van der Waals surface area (Å²) in [6.07, 6.45) is 1.26. The third-order valence-corrected chi connectivity index (χ3v) is 3.11. The first kappa shape index (κ1) is 9.84. The third-order valence-electron chi connectivity index (χ3n) is 3.11. The minimum Gasteiger partial charge on any atom is -0.365 e. The van der Waals surface area contributed by atoms with Gasteiger partial charge in [0, 0.05) is 37.9 Å². The van der Waals surface area contributed by atoms with Crippen molar-refractivity contribution in [2.45, 2.75) is 19.4 Å². The molecule has 3 rings (SSSR count). The van der Waals surface area contributed by atoms with Crippen LogP contribution in [0, 0.1) is 6.92 Å². The Morgan fingerprint density at radius 3 is 2.75 bits per heavy atom. The second kappa shape index (κ2) is 3.90. The first-order valence-electron chi connectivity index (χ1n) is 5.89. The molecule has 2 aliphatic rings. The molecule has 2 aliphatic heterocycles. The SMILES string of the molecule is Cc1cc(NC2CNC2)nc(N2CCC2)n1. The first-order chi connectivity index (χ1) is 7.81. The van der Waals surface area contributed by atoms with Crippen LogP contribution in [0.25, 0.3) is 0 Å². The van der Waals surface area contributed by atoms with Gasteiger partial charge in [-0.25, -0.2) is 4.98 Å². The second-order valence-corrected chi connectivity index (χ2v) is 4.53. The standard InChI is InChI=1S/C11H17N5/c1-8-5-10(14-9-6-12-7-9)15-11(13-8)16-3-2-4-16/h5,9,12H,2-4,6-7H2,1H3,(H,13,14,15). The summed E-state index contributed by atoms with van der Waals surface area (Å²) >= 11 is 0. The van der Waals surface area contributed by atoms with Crippen molar-refractivity contribution in [3.63, 3.8) is 0 Å². The number of anilines is 2. The van der Waals surface area contributed by atoms with Gasteiger partial charge in [-0.1, -0.05) is 0 Å². The van der Waals surface area contributed by atoms with Crippen LogP contribution in [0.1, 0.15) is 12.1 Å². The van der Waals surface area contributed by atoms with E-state index in [0.717, 1.165) is 43.6 Å². The van der Waals surface area contributed by atoms with Crippen LogP contribution >= 0.6 is 0 Å². The van der Waals surface area contributed by atoms with E-state index in [9.17, 15) is 0 Å². The summed E-state index contributed by atoms with van der Waals surface area (Å²) in [5.41, 5.74) is 1.03. The highest BCUT2D eigenvalue weighted by Gasteiger charge is 2.20. The van der Waals surface area contributed by atoms with E-state index in [1.54, 1.807) is 0 Å². The zero-order valence-corrected chi connectivity index (χ0v) is 9.53. The molecule has 3 heterocycles. The first-order valence-corrected chi connectivity index (χ1v) is 5.89. The minimum atomic E-state index is 0.526. The summed E-state index contributed by atoms with van der Waals surface area (Å²) in [6, 6.07) is 2.54. The van der Waals surface area contributed by atoms with Crippen LogP contribution in [-0.2, 0) is 0 Å². The maximum Gasteiger partial charge on any atom is 0.227 e. The fraction of sp³-hybridized carbons (Fsp3) is 0.636. The average Bonchev–Trinajstić information content (AvgIpc) is 2.07. The summed E-state index contributed by atoms with van der Waals surface area (Å²) in [7, 11) is 0. The molecular formula is C11H17N5. The molecule has 0 atom stereocenters. The van der Waals surface area contributed by atoms with Crippen LogP contribution in [-0.4, -0.2) is 42.2 Å². The van der Waals surface area contributed by atoms with Crippen molar-refractivity contribution in [2.24, 2.45) is 0 Å². The van der Waals surface area contributed by atoms with Crippen molar-refractivity contribution in [2.75, 3.05) is 36.4 Å². The Hall–Kier alpha value is -1.36. The van der Waals surface area contributed by atoms with Crippen LogP contribution in [0.4, 0.5) is 11.8 Å². The van der Waals surface area contributed by atoms with Crippen LogP contribution in [0.15, 0.2) is 6.07 Å². The maximum absolute atomic E-state index is 4.55. The van der Waals surface area contributed by atoms with E-state index in [1.165, 1.54) is 6.42 Å². The van der Waals surface area contributed by atoms with E-state index >= 15 is 0 Å². The van der Waals surface area contributed by atoms with E-state index in [0.29, 0.717) is 6.04 Å². The second-order valence-electron chi connectivity index (χ2n) is 4.53. The molecule has 5 nitrogen and oxygen atoms in total. The van der Waals surface area contributed by atoms with Crippen molar-refractivity contribution in [1.82, 2.24) is 15.3 Å². The van der Waals surface area contributed by atoms with Crippen molar-refractivity contribution >= 4 is 11.8 Å². The molecule has 1 aromatic rings. The largest absolute Gasteiger partial charge is 0.365 e. The molecule has 0 aromatic carbocycles. The van der Waals surface area contributed by atoms with Crippen molar-refractivity contribution in [3.8, 4) is 0 Å². The molecule has 1 aromatic heterocycles. The Balaban J connectivity index is 1.77. The lowest BCUT2D eigenvalue weighted by atomic mass is 10.2. The number of aromatic nitrogens is 2. The topological polar surface area (TPSA) is 53.1 Å². The Labute approximate surface area is 95.3 Å². The highest BCUT2D eigenvalue weighted by atomic mass is 15.3. The molecule has 86 valence electrons. The fourth-order valence-corrected chi connectivity index (χ4v) is 1.88. The van der Waals surface area contributed by atoms with Gasteiger partial charge in [0.05, 0.1) is 6.04 Å². The van der Waals surface area contributed by atoms with Gasteiger partial charge in [-0.3, -0.25) is 0 Å². The molecule has 0 radical (unpaired) electrons. The average molecular weight is 219 g/mol. The number of nitrogens with one attached hydrogen (secondary N) is 2. The molecule has 2 saturated heterocycles. The van der Waals surface area contributed by atoms with Crippen molar-refractivity contribution < 1.29 is 0 Å². The molecular weight excluding hydrogens is 202 g/mol. The summed E-state index contributed by atoms with van der Waals surface area (Å²) < 4.78 is 0. The van der Waals surface area contributed by atoms with Gasteiger partial charge < -0.3 is 15.5 Å². The highest BCUT2D eigenvalue weighted by molar-refractivity contribution is 5.45. The molecule has 0 spiro atoms. The molecule has 0 bridgehead atoms. The number of rotatable bonds is 3. The molecule has 5 heteroatoms. The van der Waals surface area contributed by atoms with E-state index in [2.05, 4.69) is 25.5 Å². The van der Waals surface area contributed by atoms with E-state index in [-0.39, 0.29) is 0 Å².